The summed E-state index contributed by atoms with van der Waals surface area (Å²) < 4.78 is 8.15. The van der Waals surface area contributed by atoms with E-state index in [1.54, 1.807) is 0 Å². The van der Waals surface area contributed by atoms with Crippen LogP contribution < -0.4 is 4.72 Å². The second kappa shape index (κ2) is 5.60. The second-order valence-corrected chi connectivity index (χ2v) is 5.08. The molecular formula is C10H13N5O4S. The van der Waals surface area contributed by atoms with E-state index in [2.05, 4.69) is 24.7 Å². The maximum absolute atomic E-state index is 9.79. The molecule has 20 heavy (non-hydrogen) atoms. The fourth-order valence-electron chi connectivity index (χ4n) is 1.93. The summed E-state index contributed by atoms with van der Waals surface area (Å²) in [6, 6.07) is 0. The van der Waals surface area contributed by atoms with E-state index < -0.39 is 24.5 Å². The van der Waals surface area contributed by atoms with Crippen molar-refractivity contribution in [2.24, 2.45) is 0 Å². The van der Waals surface area contributed by atoms with Crippen LogP contribution in [-0.4, -0.2) is 66.4 Å². The summed E-state index contributed by atoms with van der Waals surface area (Å²) in [4.78, 5) is 15.0. The molecule has 3 rings (SSSR count). The predicted octanol–water partition coefficient (Wildman–Crippen LogP) is -1.61. The zero-order valence-electron chi connectivity index (χ0n) is 10.2. The molecule has 0 aliphatic carbocycles. The molecule has 0 amide bonds. The Bertz CT molecular complexity index is 596. The van der Waals surface area contributed by atoms with E-state index in [0.717, 1.165) is 11.9 Å². The van der Waals surface area contributed by atoms with Gasteiger partial charge in [-0.2, -0.15) is 0 Å². The number of aliphatic hydroxyl groups excluding tert-OH is 3. The minimum atomic E-state index is -1.13. The normalized spacial score (nSPS) is 30.1. The zero-order valence-corrected chi connectivity index (χ0v) is 11.0. The molecule has 9 nitrogen and oxygen atoms in total. The minimum absolute atomic E-state index is 0.363. The summed E-state index contributed by atoms with van der Waals surface area (Å²) in [5, 5.41) is 29.0. The smallest absolute Gasteiger partial charge is 0.161 e. The highest BCUT2D eigenvalue weighted by molar-refractivity contribution is 7.97. The molecular weight excluding hydrogens is 286 g/mol. The Kier molecular flexibility index (Phi) is 3.83. The van der Waals surface area contributed by atoms with Crippen LogP contribution in [0.15, 0.2) is 17.7 Å². The molecule has 1 aliphatic heterocycles. The Hall–Kier alpha value is -1.30. The van der Waals surface area contributed by atoms with Crippen molar-refractivity contribution in [3.8, 4) is 0 Å². The van der Waals surface area contributed by atoms with Gasteiger partial charge in [-0.25, -0.2) is 19.7 Å². The Labute approximate surface area is 117 Å². The molecule has 2 aromatic heterocycles. The number of aromatic nitrogens is 4. The molecule has 1 aliphatic rings. The first-order valence-corrected chi connectivity index (χ1v) is 6.71. The fourth-order valence-corrected chi connectivity index (χ4v) is 2.70. The van der Waals surface area contributed by atoms with Crippen LogP contribution in [0.3, 0.4) is 0 Å². The molecule has 0 radical (unpaired) electrons. The predicted molar refractivity (Wildman–Crippen MR) is 68.4 cm³/mol. The lowest BCUT2D eigenvalue weighted by Crippen LogP contribution is -2.38. The Morgan fingerprint density at radius 2 is 2.15 bits per heavy atom. The summed E-state index contributed by atoms with van der Waals surface area (Å²) in [6.45, 7) is -0.363. The largest absolute Gasteiger partial charge is 0.394 e. The molecule has 1 unspecified atom stereocenters. The molecule has 1 fully saturated rings. The Morgan fingerprint density at radius 1 is 1.30 bits per heavy atom. The first-order chi connectivity index (χ1) is 9.70. The van der Waals surface area contributed by atoms with Crippen LogP contribution in [0, 0.1) is 0 Å². The average molecular weight is 299 g/mol. The molecule has 108 valence electrons. The van der Waals surface area contributed by atoms with Gasteiger partial charge in [0, 0.05) is 0 Å². The highest BCUT2D eigenvalue weighted by atomic mass is 32.2. The monoisotopic (exact) mass is 299 g/mol. The summed E-state index contributed by atoms with van der Waals surface area (Å²) in [5.74, 6) is 0. The maximum Gasteiger partial charge on any atom is 0.161 e. The molecule has 10 heteroatoms. The lowest BCUT2D eigenvalue weighted by molar-refractivity contribution is -0.0241. The number of ether oxygens (including phenoxy) is 1. The molecule has 0 saturated carbocycles. The molecule has 4 atom stereocenters. The van der Waals surface area contributed by atoms with E-state index in [9.17, 15) is 10.2 Å². The van der Waals surface area contributed by atoms with Crippen molar-refractivity contribution in [3.63, 3.8) is 0 Å². The van der Waals surface area contributed by atoms with Gasteiger partial charge in [0.25, 0.3) is 0 Å². The molecule has 0 aromatic carbocycles. The lowest BCUT2D eigenvalue weighted by Gasteiger charge is -2.15. The summed E-state index contributed by atoms with van der Waals surface area (Å²) >= 11 is 1.11. The van der Waals surface area contributed by atoms with Crippen molar-refractivity contribution < 1.29 is 20.1 Å². The standard InChI is InChI=1S/C10H13N5O4S/c16-1-4-6(17)7(18)9(19-4)15-20-10-5-8(12-2-11-5)13-3-14-10/h2-4,6-7,9,15-18H,1H2,(H,11,12,13,14)/t4-,6-,7-,9?/m1/s1. The van der Waals surface area contributed by atoms with Gasteiger partial charge in [0.05, 0.1) is 12.9 Å². The number of fused-ring (bicyclic) bond motifs is 1. The minimum Gasteiger partial charge on any atom is -0.394 e. The molecule has 0 bridgehead atoms. The van der Waals surface area contributed by atoms with Gasteiger partial charge in [-0.05, 0) is 11.9 Å². The van der Waals surface area contributed by atoms with E-state index in [0.29, 0.717) is 16.2 Å². The number of aromatic amines is 1. The van der Waals surface area contributed by atoms with Crippen molar-refractivity contribution in [1.29, 1.82) is 0 Å². The quantitative estimate of drug-likeness (QED) is 0.333. The molecule has 0 spiro atoms. The van der Waals surface area contributed by atoms with Gasteiger partial charge < -0.3 is 25.0 Å². The Balaban J connectivity index is 1.69. The Morgan fingerprint density at radius 3 is 2.90 bits per heavy atom. The number of rotatable bonds is 4. The molecule has 5 N–H and O–H groups in total. The van der Waals surface area contributed by atoms with Gasteiger partial charge in [-0.1, -0.05) is 0 Å². The molecule has 2 aromatic rings. The highest BCUT2D eigenvalue weighted by Gasteiger charge is 2.42. The van der Waals surface area contributed by atoms with Crippen molar-refractivity contribution in [1.82, 2.24) is 24.7 Å². The van der Waals surface area contributed by atoms with Crippen molar-refractivity contribution in [2.75, 3.05) is 6.61 Å². The number of hydrogen-bond acceptors (Lipinski definition) is 9. The van der Waals surface area contributed by atoms with Gasteiger partial charge in [0.15, 0.2) is 5.65 Å². The number of hydrogen-bond donors (Lipinski definition) is 5. The van der Waals surface area contributed by atoms with Crippen molar-refractivity contribution >= 4 is 23.1 Å². The number of H-pyrrole nitrogens is 1. The van der Waals surface area contributed by atoms with Gasteiger partial charge in [-0.15, -0.1) is 0 Å². The van der Waals surface area contributed by atoms with Crippen molar-refractivity contribution in [3.05, 3.63) is 12.7 Å². The highest BCUT2D eigenvalue weighted by Crippen LogP contribution is 2.24. The van der Waals surface area contributed by atoms with E-state index in [-0.39, 0.29) is 6.61 Å². The van der Waals surface area contributed by atoms with Crippen LogP contribution in [-0.2, 0) is 4.74 Å². The van der Waals surface area contributed by atoms with Crippen LogP contribution in [0.4, 0.5) is 0 Å². The van der Waals surface area contributed by atoms with Crippen LogP contribution >= 0.6 is 11.9 Å². The molecule has 1 saturated heterocycles. The summed E-state index contributed by atoms with van der Waals surface area (Å²) in [6.07, 6.45) is -0.974. The van der Waals surface area contributed by atoms with Crippen LogP contribution in [0.5, 0.6) is 0 Å². The van der Waals surface area contributed by atoms with E-state index in [4.69, 9.17) is 9.84 Å². The number of nitrogens with one attached hydrogen (secondary N) is 2. The van der Waals surface area contributed by atoms with Gasteiger partial charge in [0.2, 0.25) is 0 Å². The zero-order chi connectivity index (χ0) is 14.1. The van der Waals surface area contributed by atoms with Crippen molar-refractivity contribution in [2.45, 2.75) is 29.6 Å². The second-order valence-electron chi connectivity index (χ2n) is 4.26. The van der Waals surface area contributed by atoms with E-state index >= 15 is 0 Å². The molecule has 3 heterocycles. The van der Waals surface area contributed by atoms with Gasteiger partial charge in [0.1, 0.15) is 41.4 Å². The van der Waals surface area contributed by atoms with E-state index in [1.165, 1.54) is 12.7 Å². The maximum atomic E-state index is 9.79. The third-order valence-electron chi connectivity index (χ3n) is 3.00. The first-order valence-electron chi connectivity index (χ1n) is 5.89. The van der Waals surface area contributed by atoms with Crippen LogP contribution in [0.1, 0.15) is 0 Å². The average Bonchev–Trinajstić information content (AvgIpc) is 3.04. The third kappa shape index (κ3) is 2.37. The number of aliphatic hydroxyl groups is 3. The van der Waals surface area contributed by atoms with Crippen LogP contribution in [0.25, 0.3) is 11.2 Å². The number of nitrogens with zero attached hydrogens (tertiary/aromatic N) is 3. The lowest BCUT2D eigenvalue weighted by atomic mass is 10.1. The van der Waals surface area contributed by atoms with E-state index in [1.807, 2.05) is 0 Å². The topological polar surface area (TPSA) is 136 Å². The summed E-state index contributed by atoms with van der Waals surface area (Å²) in [5.41, 5.74) is 1.20. The fraction of sp³-hybridized carbons (Fsp3) is 0.500. The van der Waals surface area contributed by atoms with Crippen LogP contribution in [0.2, 0.25) is 0 Å². The summed E-state index contributed by atoms with van der Waals surface area (Å²) in [7, 11) is 0. The SMILES string of the molecule is OC[C@H]1OC(NSc2ncnc3[nH]cnc23)[C@H](O)[C@@H]1O. The van der Waals surface area contributed by atoms with Gasteiger partial charge >= 0.3 is 0 Å². The third-order valence-corrected chi connectivity index (χ3v) is 3.84. The number of imidazole rings is 1. The first kappa shape index (κ1) is 13.7. The van der Waals surface area contributed by atoms with Gasteiger partial charge in [-0.3, -0.25) is 0 Å².